The Hall–Kier alpha value is -3.94. The minimum absolute atomic E-state index is 0.298. The zero-order valence-electron chi connectivity index (χ0n) is 19.4. The molecule has 0 fully saturated rings. The molecule has 2 N–H and O–H groups in total. The molecule has 1 atom stereocenters. The van der Waals surface area contributed by atoms with Gasteiger partial charge in [0.1, 0.15) is 6.04 Å². The molecule has 0 unspecified atom stereocenters. The van der Waals surface area contributed by atoms with Crippen LogP contribution >= 0.6 is 0 Å². The van der Waals surface area contributed by atoms with Crippen LogP contribution < -0.4 is 19.5 Å². The fraction of sp³-hybridized carbons (Fsp3) is 0.280. The summed E-state index contributed by atoms with van der Waals surface area (Å²) in [5.74, 6) is 0.450. The van der Waals surface area contributed by atoms with Gasteiger partial charge in [0.25, 0.3) is 0 Å². The highest BCUT2D eigenvalue weighted by Gasteiger charge is 2.24. The smallest absolute Gasteiger partial charge is 0.328 e. The third-order valence-electron chi connectivity index (χ3n) is 5.35. The van der Waals surface area contributed by atoms with E-state index in [1.165, 1.54) is 34.5 Å². The number of hydrogen-bond acceptors (Lipinski definition) is 6. The number of carbonyl (C=O) groups excluding carboxylic acids is 2. The summed E-state index contributed by atoms with van der Waals surface area (Å²) in [4.78, 5) is 28.4. The molecule has 8 heteroatoms. The van der Waals surface area contributed by atoms with Crippen LogP contribution in [0, 0.1) is 6.92 Å². The first-order chi connectivity index (χ1) is 15.9. The van der Waals surface area contributed by atoms with Crippen LogP contribution in [0.3, 0.4) is 0 Å². The van der Waals surface area contributed by atoms with Crippen molar-refractivity contribution >= 4 is 28.9 Å². The standard InChI is InChI=1S/C25H28N2O6/c1-15-18(17-8-6-7-9-19(17)26-15)14-20(25(29)33-5)27-23(28)11-10-16-12-21(30-2)24(32-4)22(13-16)31-3/h6-13,20,26H,14H2,1-5H3,(H,27,28)/b11-10+/t20-/m1/s1. The Bertz CT molecular complexity index is 1160. The van der Waals surface area contributed by atoms with Crippen LogP contribution in [0.2, 0.25) is 0 Å². The van der Waals surface area contributed by atoms with Gasteiger partial charge in [-0.1, -0.05) is 18.2 Å². The molecule has 174 valence electrons. The van der Waals surface area contributed by atoms with Gasteiger partial charge in [0, 0.05) is 29.1 Å². The SMILES string of the molecule is COC(=O)[C@@H](Cc1c(C)[nH]c2ccccc12)NC(=O)/C=C/c1cc(OC)c(OC)c(OC)c1. The van der Waals surface area contributed by atoms with E-state index in [0.717, 1.165) is 22.2 Å². The lowest BCUT2D eigenvalue weighted by Gasteiger charge is -2.16. The highest BCUT2D eigenvalue weighted by atomic mass is 16.5. The van der Waals surface area contributed by atoms with Crippen molar-refractivity contribution in [2.24, 2.45) is 0 Å². The van der Waals surface area contributed by atoms with E-state index in [-0.39, 0.29) is 0 Å². The number of rotatable bonds is 9. The van der Waals surface area contributed by atoms with E-state index in [2.05, 4.69) is 10.3 Å². The molecule has 0 saturated heterocycles. The first-order valence-corrected chi connectivity index (χ1v) is 10.3. The maximum absolute atomic E-state index is 12.7. The van der Waals surface area contributed by atoms with Gasteiger partial charge < -0.3 is 29.2 Å². The van der Waals surface area contributed by atoms with Gasteiger partial charge in [0.15, 0.2) is 11.5 Å². The van der Waals surface area contributed by atoms with E-state index in [0.29, 0.717) is 29.2 Å². The summed E-state index contributed by atoms with van der Waals surface area (Å²) in [5.41, 5.74) is 3.53. The summed E-state index contributed by atoms with van der Waals surface area (Å²) in [5, 5.41) is 3.75. The van der Waals surface area contributed by atoms with Gasteiger partial charge in [-0.05, 0) is 42.3 Å². The average molecular weight is 453 g/mol. The van der Waals surface area contributed by atoms with Crippen LogP contribution in [0.25, 0.3) is 17.0 Å². The molecule has 33 heavy (non-hydrogen) atoms. The number of nitrogens with one attached hydrogen (secondary N) is 2. The molecule has 1 amide bonds. The van der Waals surface area contributed by atoms with Crippen molar-refractivity contribution in [1.29, 1.82) is 0 Å². The number of benzene rings is 2. The van der Waals surface area contributed by atoms with Gasteiger partial charge in [0.2, 0.25) is 11.7 Å². The van der Waals surface area contributed by atoms with E-state index in [4.69, 9.17) is 18.9 Å². The summed E-state index contributed by atoms with van der Waals surface area (Å²) in [7, 11) is 5.86. The number of H-pyrrole nitrogens is 1. The highest BCUT2D eigenvalue weighted by Crippen LogP contribution is 2.38. The fourth-order valence-electron chi connectivity index (χ4n) is 3.73. The summed E-state index contributed by atoms with van der Waals surface area (Å²) >= 11 is 0. The highest BCUT2D eigenvalue weighted by molar-refractivity contribution is 5.95. The van der Waals surface area contributed by atoms with Crippen molar-refractivity contribution in [2.45, 2.75) is 19.4 Å². The number of aromatic amines is 1. The predicted molar refractivity (Wildman–Crippen MR) is 126 cm³/mol. The third kappa shape index (κ3) is 5.28. The van der Waals surface area contributed by atoms with Crippen molar-refractivity contribution < 1.29 is 28.5 Å². The van der Waals surface area contributed by atoms with E-state index in [1.807, 2.05) is 31.2 Å². The van der Waals surface area contributed by atoms with E-state index in [9.17, 15) is 9.59 Å². The van der Waals surface area contributed by atoms with E-state index >= 15 is 0 Å². The molecular formula is C25H28N2O6. The van der Waals surface area contributed by atoms with Crippen molar-refractivity contribution in [3.8, 4) is 17.2 Å². The molecule has 1 heterocycles. The number of aryl methyl sites for hydroxylation is 1. The van der Waals surface area contributed by atoms with Crippen molar-refractivity contribution in [2.75, 3.05) is 28.4 Å². The van der Waals surface area contributed by atoms with Crippen molar-refractivity contribution in [3.05, 3.63) is 59.3 Å². The summed E-state index contributed by atoms with van der Waals surface area (Å²) < 4.78 is 20.9. The van der Waals surface area contributed by atoms with Gasteiger partial charge in [-0.2, -0.15) is 0 Å². The summed E-state index contributed by atoms with van der Waals surface area (Å²) in [6.45, 7) is 1.94. The molecule has 0 aliphatic carbocycles. The lowest BCUT2D eigenvalue weighted by Crippen LogP contribution is -2.42. The molecule has 0 saturated carbocycles. The number of hydrogen-bond donors (Lipinski definition) is 2. The number of ether oxygens (including phenoxy) is 4. The average Bonchev–Trinajstić information content (AvgIpc) is 3.15. The fourth-order valence-corrected chi connectivity index (χ4v) is 3.73. The molecule has 3 rings (SSSR count). The Kier molecular flexibility index (Phi) is 7.61. The van der Waals surface area contributed by atoms with Crippen molar-refractivity contribution in [1.82, 2.24) is 10.3 Å². The zero-order valence-corrected chi connectivity index (χ0v) is 19.4. The lowest BCUT2D eigenvalue weighted by atomic mass is 10.0. The van der Waals surface area contributed by atoms with Crippen molar-refractivity contribution in [3.63, 3.8) is 0 Å². The number of para-hydroxylation sites is 1. The van der Waals surface area contributed by atoms with Crippen LogP contribution in [-0.4, -0.2) is 51.3 Å². The molecule has 0 spiro atoms. The van der Waals surface area contributed by atoms with E-state index in [1.54, 1.807) is 18.2 Å². The Morgan fingerprint density at radius 2 is 1.70 bits per heavy atom. The Morgan fingerprint density at radius 3 is 2.30 bits per heavy atom. The largest absolute Gasteiger partial charge is 0.493 e. The molecule has 0 bridgehead atoms. The third-order valence-corrected chi connectivity index (χ3v) is 5.35. The maximum atomic E-state index is 12.7. The monoisotopic (exact) mass is 452 g/mol. The molecule has 0 aliphatic rings. The van der Waals surface area contributed by atoms with Crippen LogP contribution in [0.5, 0.6) is 17.2 Å². The number of amides is 1. The second-order valence-electron chi connectivity index (χ2n) is 7.35. The molecule has 0 aliphatic heterocycles. The topological polar surface area (TPSA) is 98.9 Å². The lowest BCUT2D eigenvalue weighted by molar-refractivity contribution is -0.144. The van der Waals surface area contributed by atoms with Gasteiger partial charge in [0.05, 0.1) is 28.4 Å². The number of aromatic nitrogens is 1. The van der Waals surface area contributed by atoms with Crippen LogP contribution in [0.4, 0.5) is 0 Å². The molecule has 0 radical (unpaired) electrons. The minimum atomic E-state index is -0.843. The molecule has 8 nitrogen and oxygen atoms in total. The Morgan fingerprint density at radius 1 is 1.03 bits per heavy atom. The zero-order chi connectivity index (χ0) is 24.0. The number of methoxy groups -OCH3 is 4. The molecule has 2 aromatic carbocycles. The van der Waals surface area contributed by atoms with Gasteiger partial charge in [-0.25, -0.2) is 4.79 Å². The minimum Gasteiger partial charge on any atom is -0.493 e. The Balaban J connectivity index is 1.80. The summed E-state index contributed by atoms with van der Waals surface area (Å²) in [6.07, 6.45) is 3.25. The van der Waals surface area contributed by atoms with Gasteiger partial charge in [-0.15, -0.1) is 0 Å². The van der Waals surface area contributed by atoms with Gasteiger partial charge in [-0.3, -0.25) is 4.79 Å². The first-order valence-electron chi connectivity index (χ1n) is 10.3. The quantitative estimate of drug-likeness (QED) is 0.381. The maximum Gasteiger partial charge on any atom is 0.328 e. The number of carbonyl (C=O) groups is 2. The second kappa shape index (κ2) is 10.6. The normalized spacial score (nSPS) is 11.9. The van der Waals surface area contributed by atoms with Crippen LogP contribution in [0.1, 0.15) is 16.8 Å². The first kappa shape index (κ1) is 23.7. The molecular weight excluding hydrogens is 424 g/mol. The second-order valence-corrected chi connectivity index (χ2v) is 7.35. The molecule has 1 aromatic heterocycles. The number of fused-ring (bicyclic) bond motifs is 1. The van der Waals surface area contributed by atoms with Crippen LogP contribution in [-0.2, 0) is 20.7 Å². The predicted octanol–water partition coefficient (Wildman–Crippen LogP) is 3.42. The Labute approximate surface area is 192 Å². The van der Waals surface area contributed by atoms with Gasteiger partial charge >= 0.3 is 5.97 Å². The van der Waals surface area contributed by atoms with Crippen LogP contribution in [0.15, 0.2) is 42.5 Å². The number of esters is 1. The summed E-state index contributed by atoms with van der Waals surface area (Å²) in [6, 6.07) is 10.4. The molecule has 3 aromatic rings. The van der Waals surface area contributed by atoms with E-state index < -0.39 is 17.9 Å².